The maximum absolute atomic E-state index is 11.6. The highest BCUT2D eigenvalue weighted by atomic mass is 16.4. The van der Waals surface area contributed by atoms with Gasteiger partial charge in [-0.25, -0.2) is 4.79 Å². The third-order valence-corrected chi connectivity index (χ3v) is 2.61. The molecule has 7 nitrogen and oxygen atoms in total. The molecular weight excluding hydrogens is 276 g/mol. The van der Waals surface area contributed by atoms with Gasteiger partial charge >= 0.3 is 11.9 Å². The molecule has 0 fully saturated rings. The predicted octanol–water partition coefficient (Wildman–Crippen LogP) is 0.919. The molecular formula is C14H16N2O5. The number of carboxylic acids is 2. The molecule has 1 heterocycles. The maximum Gasteiger partial charge on any atom is 0.326 e. The summed E-state index contributed by atoms with van der Waals surface area (Å²) in [7, 11) is 0. The van der Waals surface area contributed by atoms with Gasteiger partial charge in [0.1, 0.15) is 6.04 Å². The number of nitrogens with zero attached hydrogens (tertiary/aromatic N) is 1. The summed E-state index contributed by atoms with van der Waals surface area (Å²) in [4.78, 5) is 36.9. The van der Waals surface area contributed by atoms with Crippen LogP contribution in [0.25, 0.3) is 6.08 Å². The Morgan fingerprint density at radius 2 is 2.10 bits per heavy atom. The Labute approximate surface area is 121 Å². The van der Waals surface area contributed by atoms with E-state index in [0.29, 0.717) is 5.56 Å². The fourth-order valence-electron chi connectivity index (χ4n) is 1.58. The lowest BCUT2D eigenvalue weighted by Crippen LogP contribution is -2.40. The SMILES string of the molecule is O=C(O)CCC[C@@H](NC(=O)/C=C/c1cccnc1)C(=O)O. The van der Waals surface area contributed by atoms with Crippen molar-refractivity contribution in [2.45, 2.75) is 25.3 Å². The topological polar surface area (TPSA) is 117 Å². The summed E-state index contributed by atoms with van der Waals surface area (Å²) in [6.07, 6.45) is 5.99. The number of hydrogen-bond acceptors (Lipinski definition) is 4. The number of nitrogens with one attached hydrogen (secondary N) is 1. The predicted molar refractivity (Wildman–Crippen MR) is 74.3 cm³/mol. The van der Waals surface area contributed by atoms with Crippen molar-refractivity contribution < 1.29 is 24.6 Å². The van der Waals surface area contributed by atoms with Crippen LogP contribution < -0.4 is 5.32 Å². The summed E-state index contributed by atoms with van der Waals surface area (Å²) in [6, 6.07) is 2.36. The number of hydrogen-bond donors (Lipinski definition) is 3. The van der Waals surface area contributed by atoms with Crippen molar-refractivity contribution in [1.29, 1.82) is 0 Å². The molecule has 0 aliphatic rings. The zero-order valence-electron chi connectivity index (χ0n) is 11.2. The van der Waals surface area contributed by atoms with Crippen molar-refractivity contribution in [3.63, 3.8) is 0 Å². The van der Waals surface area contributed by atoms with Crippen LogP contribution in [0.5, 0.6) is 0 Å². The van der Waals surface area contributed by atoms with Gasteiger partial charge < -0.3 is 15.5 Å². The van der Waals surface area contributed by atoms with Crippen molar-refractivity contribution in [1.82, 2.24) is 10.3 Å². The number of rotatable bonds is 8. The molecule has 0 saturated heterocycles. The highest BCUT2D eigenvalue weighted by molar-refractivity contribution is 5.94. The molecule has 1 aromatic rings. The van der Waals surface area contributed by atoms with E-state index in [1.807, 2.05) is 0 Å². The Balaban J connectivity index is 2.50. The average Bonchev–Trinajstić information content (AvgIpc) is 2.44. The van der Waals surface area contributed by atoms with E-state index in [-0.39, 0.29) is 19.3 Å². The van der Waals surface area contributed by atoms with Crippen LogP contribution in [0.2, 0.25) is 0 Å². The minimum Gasteiger partial charge on any atom is -0.481 e. The molecule has 0 aromatic carbocycles. The minimum atomic E-state index is -1.19. The molecule has 0 spiro atoms. The second-order valence-electron chi connectivity index (χ2n) is 4.31. The van der Waals surface area contributed by atoms with E-state index in [2.05, 4.69) is 10.3 Å². The highest BCUT2D eigenvalue weighted by Gasteiger charge is 2.18. The van der Waals surface area contributed by atoms with Crippen LogP contribution in [0.1, 0.15) is 24.8 Å². The highest BCUT2D eigenvalue weighted by Crippen LogP contribution is 2.03. The van der Waals surface area contributed by atoms with Gasteiger partial charge in [0.2, 0.25) is 5.91 Å². The van der Waals surface area contributed by atoms with Crippen LogP contribution in [0.3, 0.4) is 0 Å². The normalized spacial score (nSPS) is 12.0. The Bertz CT molecular complexity index is 527. The van der Waals surface area contributed by atoms with Gasteiger partial charge in [-0.15, -0.1) is 0 Å². The Hall–Kier alpha value is -2.70. The van der Waals surface area contributed by atoms with Gasteiger partial charge in [-0.3, -0.25) is 14.6 Å². The molecule has 0 bridgehead atoms. The first kappa shape index (κ1) is 16.4. The maximum atomic E-state index is 11.6. The summed E-state index contributed by atoms with van der Waals surface area (Å²) < 4.78 is 0. The van der Waals surface area contributed by atoms with Gasteiger partial charge in [0.15, 0.2) is 0 Å². The van der Waals surface area contributed by atoms with Crippen molar-refractivity contribution in [3.05, 3.63) is 36.2 Å². The van der Waals surface area contributed by atoms with E-state index in [9.17, 15) is 14.4 Å². The molecule has 21 heavy (non-hydrogen) atoms. The molecule has 0 aliphatic carbocycles. The fourth-order valence-corrected chi connectivity index (χ4v) is 1.58. The lowest BCUT2D eigenvalue weighted by atomic mass is 10.1. The van der Waals surface area contributed by atoms with E-state index < -0.39 is 23.9 Å². The van der Waals surface area contributed by atoms with Gasteiger partial charge in [-0.1, -0.05) is 6.07 Å². The molecule has 7 heteroatoms. The smallest absolute Gasteiger partial charge is 0.326 e. The zero-order chi connectivity index (χ0) is 15.7. The Morgan fingerprint density at radius 3 is 2.67 bits per heavy atom. The van der Waals surface area contributed by atoms with E-state index in [4.69, 9.17) is 10.2 Å². The molecule has 1 amide bonds. The first-order valence-corrected chi connectivity index (χ1v) is 6.32. The number of pyridine rings is 1. The van der Waals surface area contributed by atoms with Gasteiger partial charge in [0.25, 0.3) is 0 Å². The Morgan fingerprint density at radius 1 is 1.33 bits per heavy atom. The molecule has 112 valence electrons. The van der Waals surface area contributed by atoms with E-state index >= 15 is 0 Å². The van der Waals surface area contributed by atoms with Crippen LogP contribution in [0, 0.1) is 0 Å². The molecule has 0 unspecified atom stereocenters. The molecule has 0 aliphatic heterocycles. The van der Waals surface area contributed by atoms with Crippen LogP contribution in [-0.4, -0.2) is 39.1 Å². The quantitative estimate of drug-likeness (QED) is 0.613. The van der Waals surface area contributed by atoms with Crippen LogP contribution in [0.15, 0.2) is 30.6 Å². The number of carbonyl (C=O) groups is 3. The third-order valence-electron chi connectivity index (χ3n) is 2.61. The summed E-state index contributed by atoms with van der Waals surface area (Å²) in [6.45, 7) is 0. The monoisotopic (exact) mass is 292 g/mol. The fraction of sp³-hybridized carbons (Fsp3) is 0.286. The van der Waals surface area contributed by atoms with Crippen LogP contribution in [0.4, 0.5) is 0 Å². The largest absolute Gasteiger partial charge is 0.481 e. The van der Waals surface area contributed by atoms with E-state index in [0.717, 1.165) is 0 Å². The number of carboxylic acid groups (broad SMARTS) is 2. The number of aromatic nitrogens is 1. The van der Waals surface area contributed by atoms with E-state index in [1.54, 1.807) is 24.5 Å². The van der Waals surface area contributed by atoms with Gasteiger partial charge in [0.05, 0.1) is 0 Å². The zero-order valence-corrected chi connectivity index (χ0v) is 11.2. The number of carbonyl (C=O) groups excluding carboxylic acids is 1. The number of aliphatic carboxylic acids is 2. The van der Waals surface area contributed by atoms with Crippen LogP contribution >= 0.6 is 0 Å². The molecule has 1 atom stereocenters. The van der Waals surface area contributed by atoms with Crippen molar-refractivity contribution in [2.75, 3.05) is 0 Å². The van der Waals surface area contributed by atoms with Gasteiger partial charge in [0, 0.05) is 24.9 Å². The molecule has 3 N–H and O–H groups in total. The second kappa shape index (κ2) is 8.47. The molecule has 1 rings (SSSR count). The molecule has 0 radical (unpaired) electrons. The lowest BCUT2D eigenvalue weighted by Gasteiger charge is -2.12. The minimum absolute atomic E-state index is 0.0636. The molecule has 0 saturated carbocycles. The Kier molecular flexibility index (Phi) is 6.59. The second-order valence-corrected chi connectivity index (χ2v) is 4.31. The average molecular weight is 292 g/mol. The first-order chi connectivity index (χ1) is 9.99. The van der Waals surface area contributed by atoms with Gasteiger partial charge in [-0.2, -0.15) is 0 Å². The van der Waals surface area contributed by atoms with Crippen LogP contribution in [-0.2, 0) is 14.4 Å². The summed E-state index contributed by atoms with van der Waals surface area (Å²) in [5.74, 6) is -2.74. The summed E-state index contributed by atoms with van der Waals surface area (Å²) in [5.41, 5.74) is 0.713. The van der Waals surface area contributed by atoms with E-state index in [1.165, 1.54) is 12.2 Å². The summed E-state index contributed by atoms with van der Waals surface area (Å²) in [5, 5.41) is 19.8. The molecule has 1 aromatic heterocycles. The van der Waals surface area contributed by atoms with Crippen molar-refractivity contribution in [2.24, 2.45) is 0 Å². The third kappa shape index (κ3) is 6.86. The lowest BCUT2D eigenvalue weighted by molar-refractivity contribution is -0.142. The van der Waals surface area contributed by atoms with Crippen molar-refractivity contribution >= 4 is 23.9 Å². The number of amides is 1. The standard InChI is InChI=1S/C14H16N2O5/c17-12(7-6-10-3-2-8-15-9-10)16-11(14(20)21)4-1-5-13(18)19/h2-3,6-9,11H,1,4-5H2,(H,16,17)(H,18,19)(H,20,21)/b7-6+/t11-/m1/s1. The van der Waals surface area contributed by atoms with Crippen molar-refractivity contribution in [3.8, 4) is 0 Å². The summed E-state index contributed by atoms with van der Waals surface area (Å²) >= 11 is 0. The van der Waals surface area contributed by atoms with Gasteiger partial charge in [-0.05, 0) is 30.5 Å². The first-order valence-electron chi connectivity index (χ1n) is 6.32.